The minimum atomic E-state index is 0. The van der Waals surface area contributed by atoms with Gasteiger partial charge in [-0.3, -0.25) is 0 Å². The maximum Gasteiger partial charge on any atom is 0.0313 e. The first-order valence-corrected chi connectivity index (χ1v) is 9.52. The third-order valence-corrected chi connectivity index (χ3v) is 6.69. The van der Waals surface area contributed by atoms with Crippen LogP contribution < -0.4 is 5.32 Å². The number of hydrogen-bond donors (Lipinski definition) is 1. The smallest absolute Gasteiger partial charge is 0.0313 e. The molecule has 2 saturated carbocycles. The van der Waals surface area contributed by atoms with E-state index in [-0.39, 0.29) is 32.7 Å². The summed E-state index contributed by atoms with van der Waals surface area (Å²) in [5, 5.41) is 8.55. The van der Waals surface area contributed by atoms with E-state index in [0.29, 0.717) is 0 Å². The Balaban J connectivity index is 0.00000144. The van der Waals surface area contributed by atoms with Gasteiger partial charge in [0.2, 0.25) is 0 Å². The van der Waals surface area contributed by atoms with Crippen LogP contribution >= 0.6 is 0 Å². The molecule has 4 fully saturated rings. The number of hydrogen-bond acceptors (Lipinski definition) is 1. The fourth-order valence-corrected chi connectivity index (χ4v) is 5.69. The zero-order valence-electron chi connectivity index (χ0n) is 14.0. The fourth-order valence-electron chi connectivity index (χ4n) is 5.69. The molecule has 4 rings (SSSR count). The first-order valence-electron chi connectivity index (χ1n) is 9.52. The monoisotopic (exact) mass is 376 g/mol. The first kappa shape index (κ1) is 17.6. The van der Waals surface area contributed by atoms with Crippen molar-refractivity contribution >= 4 is 0 Å². The van der Waals surface area contributed by atoms with Gasteiger partial charge in [0, 0.05) is 38.8 Å². The van der Waals surface area contributed by atoms with Gasteiger partial charge in [-0.25, -0.2) is 0 Å². The second kappa shape index (κ2) is 8.23. The van der Waals surface area contributed by atoms with Crippen LogP contribution in [0.3, 0.4) is 0 Å². The summed E-state index contributed by atoms with van der Waals surface area (Å²) in [5.74, 6) is 2.87. The standard InChI is InChI=1S/C19H31N2.Y/c1-2-6-17-14(4-1)7-8-16-5-3-11-21-19(16)18(17)15-9-12-20-13-10-15;/h14,16-17,19,21H,1-13H2;/q-1;. The Morgan fingerprint density at radius 2 is 1.55 bits per heavy atom. The largest absolute Gasteiger partial charge is 0.662 e. The van der Waals surface area contributed by atoms with Crippen LogP contribution in [0.1, 0.15) is 64.2 Å². The molecule has 1 N–H and O–H groups in total. The molecule has 0 bridgehead atoms. The van der Waals surface area contributed by atoms with Gasteiger partial charge in [0.15, 0.2) is 0 Å². The third-order valence-electron chi connectivity index (χ3n) is 6.69. The van der Waals surface area contributed by atoms with Crippen molar-refractivity contribution < 1.29 is 32.7 Å². The van der Waals surface area contributed by atoms with E-state index in [1.54, 1.807) is 0 Å². The molecule has 2 aliphatic heterocycles. The van der Waals surface area contributed by atoms with Gasteiger partial charge in [-0.2, -0.15) is 0 Å². The average Bonchev–Trinajstić information content (AvgIpc) is 2.72. The molecule has 2 heterocycles. The van der Waals surface area contributed by atoms with Crippen molar-refractivity contribution in [1.82, 2.24) is 5.32 Å². The molecule has 3 heteroatoms. The summed E-state index contributed by atoms with van der Waals surface area (Å²) in [4.78, 5) is 0. The summed E-state index contributed by atoms with van der Waals surface area (Å²) in [7, 11) is 0. The quantitative estimate of drug-likeness (QED) is 0.623. The second-order valence-electron chi connectivity index (χ2n) is 7.79. The van der Waals surface area contributed by atoms with Crippen molar-refractivity contribution in [1.29, 1.82) is 0 Å². The molecule has 0 aromatic rings. The van der Waals surface area contributed by atoms with E-state index >= 15 is 0 Å². The molecule has 0 spiro atoms. The average molecular weight is 376 g/mol. The molecule has 2 aliphatic carbocycles. The van der Waals surface area contributed by atoms with Crippen LogP contribution in [0.2, 0.25) is 0 Å². The van der Waals surface area contributed by atoms with Crippen LogP contribution in [-0.4, -0.2) is 25.7 Å². The van der Waals surface area contributed by atoms with Crippen molar-refractivity contribution in [3.8, 4) is 0 Å². The van der Waals surface area contributed by atoms with Crippen molar-refractivity contribution in [3.63, 3.8) is 0 Å². The molecule has 1 radical (unpaired) electrons. The summed E-state index contributed by atoms with van der Waals surface area (Å²) in [6.07, 6.45) is 14.3. The topological polar surface area (TPSA) is 26.1 Å². The Kier molecular flexibility index (Phi) is 6.58. The van der Waals surface area contributed by atoms with Crippen LogP contribution in [0, 0.1) is 17.8 Å². The molecule has 4 aliphatic rings. The van der Waals surface area contributed by atoms with Crippen LogP contribution in [0.15, 0.2) is 11.1 Å². The normalized spacial score (nSPS) is 39.3. The molecule has 0 aromatic heterocycles. The first-order chi connectivity index (χ1) is 10.4. The van der Waals surface area contributed by atoms with E-state index < -0.39 is 0 Å². The fraction of sp³-hybridized carbons (Fsp3) is 0.895. The van der Waals surface area contributed by atoms with E-state index in [0.717, 1.165) is 36.9 Å². The van der Waals surface area contributed by atoms with Crippen LogP contribution in [0.4, 0.5) is 0 Å². The maximum absolute atomic E-state index is 4.60. The van der Waals surface area contributed by atoms with Gasteiger partial charge < -0.3 is 10.6 Å². The number of piperidine rings is 2. The summed E-state index contributed by atoms with van der Waals surface area (Å²) >= 11 is 0. The van der Waals surface area contributed by atoms with Crippen molar-refractivity contribution in [2.75, 3.05) is 19.6 Å². The molecule has 4 atom stereocenters. The van der Waals surface area contributed by atoms with E-state index in [2.05, 4.69) is 10.6 Å². The van der Waals surface area contributed by atoms with Crippen LogP contribution in [0.25, 0.3) is 5.32 Å². The van der Waals surface area contributed by atoms with Gasteiger partial charge in [-0.1, -0.05) is 36.8 Å². The molecule has 2 nitrogen and oxygen atoms in total. The minimum absolute atomic E-state index is 0. The van der Waals surface area contributed by atoms with Gasteiger partial charge in [0.25, 0.3) is 0 Å². The van der Waals surface area contributed by atoms with Crippen LogP contribution in [0.5, 0.6) is 0 Å². The van der Waals surface area contributed by atoms with Gasteiger partial charge in [-0.15, -0.1) is 13.1 Å². The summed E-state index contributed by atoms with van der Waals surface area (Å²) in [6.45, 7) is 3.43. The Morgan fingerprint density at radius 1 is 0.818 bits per heavy atom. The Morgan fingerprint density at radius 3 is 2.41 bits per heavy atom. The summed E-state index contributed by atoms with van der Waals surface area (Å²) < 4.78 is 0. The Hall–Kier alpha value is 0.764. The number of rotatable bonds is 0. The molecule has 121 valence electrons. The Bertz CT molecular complexity index is 372. The van der Waals surface area contributed by atoms with Crippen molar-refractivity contribution in [2.45, 2.75) is 70.3 Å². The molecule has 22 heavy (non-hydrogen) atoms. The molecule has 0 amide bonds. The predicted molar refractivity (Wildman–Crippen MR) is 88.5 cm³/mol. The van der Waals surface area contributed by atoms with E-state index in [4.69, 9.17) is 0 Å². The van der Waals surface area contributed by atoms with Gasteiger partial charge >= 0.3 is 0 Å². The molecular formula is C19H31N2Y-. The van der Waals surface area contributed by atoms with E-state index in [1.807, 2.05) is 11.1 Å². The van der Waals surface area contributed by atoms with Gasteiger partial charge in [0.05, 0.1) is 0 Å². The van der Waals surface area contributed by atoms with E-state index in [1.165, 1.54) is 70.8 Å². The summed E-state index contributed by atoms with van der Waals surface area (Å²) in [6, 6.07) is 0.736. The zero-order chi connectivity index (χ0) is 14.1. The SMILES string of the molecule is C1CCC2C(=C3CC[N-]CC3)C3NCCCC3CCC2C1.[Y]. The third kappa shape index (κ3) is 3.56. The second-order valence-corrected chi connectivity index (χ2v) is 7.79. The van der Waals surface area contributed by atoms with Crippen LogP contribution in [-0.2, 0) is 32.7 Å². The predicted octanol–water partition coefficient (Wildman–Crippen LogP) is 4.42. The molecule has 0 aromatic carbocycles. The molecule has 4 unspecified atom stereocenters. The van der Waals surface area contributed by atoms with Crippen molar-refractivity contribution in [3.05, 3.63) is 16.5 Å². The van der Waals surface area contributed by atoms with Gasteiger partial charge in [0.1, 0.15) is 0 Å². The zero-order valence-corrected chi connectivity index (χ0v) is 16.9. The number of nitrogens with zero attached hydrogens (tertiary/aromatic N) is 1. The van der Waals surface area contributed by atoms with E-state index in [9.17, 15) is 0 Å². The summed E-state index contributed by atoms with van der Waals surface area (Å²) in [5.41, 5.74) is 3.74. The molecule has 2 saturated heterocycles. The number of fused-ring (bicyclic) bond motifs is 2. The van der Waals surface area contributed by atoms with Gasteiger partial charge in [-0.05, 0) is 62.8 Å². The minimum Gasteiger partial charge on any atom is -0.662 e. The Labute approximate surface area is 161 Å². The molecular weight excluding hydrogens is 345 g/mol. The van der Waals surface area contributed by atoms with Crippen molar-refractivity contribution in [2.24, 2.45) is 17.8 Å². The maximum atomic E-state index is 4.60. The number of nitrogens with one attached hydrogen (secondary N) is 1.